The Morgan fingerprint density at radius 2 is 1.88 bits per heavy atom. The van der Waals surface area contributed by atoms with E-state index in [0.29, 0.717) is 11.8 Å². The van der Waals surface area contributed by atoms with E-state index in [1.165, 1.54) is 0 Å². The van der Waals surface area contributed by atoms with Crippen molar-refractivity contribution in [2.75, 3.05) is 0 Å². The Bertz CT molecular complexity index is 972. The van der Waals surface area contributed by atoms with Gasteiger partial charge in [-0.2, -0.15) is 0 Å². The Hall–Kier alpha value is -2.88. The molecule has 0 aliphatic carbocycles. The number of hydrogen-bond donors (Lipinski definition) is 2. The number of rotatable bonds is 4. The lowest BCUT2D eigenvalue weighted by Gasteiger charge is -2.11. The molecule has 4 nitrogen and oxygen atoms in total. The van der Waals surface area contributed by atoms with E-state index in [4.69, 9.17) is 5.11 Å². The Kier molecular flexibility index (Phi) is 4.21. The second-order valence-electron chi connectivity index (χ2n) is 6.17. The molecule has 0 fully saturated rings. The summed E-state index contributed by atoms with van der Waals surface area (Å²) in [5.74, 6) is -1.32. The highest BCUT2D eigenvalue weighted by atomic mass is 16.4. The minimum Gasteiger partial charge on any atom is -0.481 e. The summed E-state index contributed by atoms with van der Waals surface area (Å²) in [6.07, 6.45) is 2.14. The molecule has 0 radical (unpaired) electrons. The molecule has 3 aromatic rings. The van der Waals surface area contributed by atoms with Crippen molar-refractivity contribution in [3.05, 3.63) is 70.1 Å². The molecule has 4 heteroatoms. The highest BCUT2D eigenvalue weighted by Crippen LogP contribution is 2.29. The van der Waals surface area contributed by atoms with Crippen molar-refractivity contribution in [3.63, 3.8) is 0 Å². The van der Waals surface area contributed by atoms with Crippen LogP contribution in [-0.2, 0) is 11.2 Å². The topological polar surface area (TPSA) is 70.2 Å². The van der Waals surface area contributed by atoms with Crippen LogP contribution in [0, 0.1) is 12.8 Å². The van der Waals surface area contributed by atoms with E-state index in [1.807, 2.05) is 43.3 Å². The number of H-pyrrole nitrogens is 1. The average molecular weight is 321 g/mol. The van der Waals surface area contributed by atoms with Crippen LogP contribution in [0.2, 0.25) is 0 Å². The first-order valence-electron chi connectivity index (χ1n) is 7.90. The molecule has 1 unspecified atom stereocenters. The fourth-order valence-corrected chi connectivity index (χ4v) is 2.97. The van der Waals surface area contributed by atoms with Gasteiger partial charge in [-0.15, -0.1) is 0 Å². The third-order valence-electron chi connectivity index (χ3n) is 4.37. The van der Waals surface area contributed by atoms with Crippen LogP contribution in [0.5, 0.6) is 0 Å². The highest BCUT2D eigenvalue weighted by molar-refractivity contribution is 5.96. The maximum absolute atomic E-state index is 12.2. The van der Waals surface area contributed by atoms with Gasteiger partial charge in [0.2, 0.25) is 0 Å². The quantitative estimate of drug-likeness (QED) is 0.768. The zero-order valence-corrected chi connectivity index (χ0v) is 13.7. The normalized spacial score (nSPS) is 12.2. The Morgan fingerprint density at radius 1 is 1.12 bits per heavy atom. The number of carbonyl (C=O) groups is 1. The number of hydrogen-bond acceptors (Lipinski definition) is 2. The maximum atomic E-state index is 12.2. The molecular weight excluding hydrogens is 302 g/mol. The number of aromatic nitrogens is 1. The molecule has 1 heterocycles. The number of pyridine rings is 1. The number of fused-ring (bicyclic) bond motifs is 1. The van der Waals surface area contributed by atoms with Crippen molar-refractivity contribution in [3.8, 4) is 11.1 Å². The van der Waals surface area contributed by atoms with Crippen LogP contribution in [0.1, 0.15) is 18.1 Å². The molecule has 1 aromatic heterocycles. The van der Waals surface area contributed by atoms with Crippen molar-refractivity contribution in [2.45, 2.75) is 20.3 Å². The predicted molar refractivity (Wildman–Crippen MR) is 95.2 cm³/mol. The molecule has 0 bridgehead atoms. The van der Waals surface area contributed by atoms with E-state index < -0.39 is 11.9 Å². The van der Waals surface area contributed by atoms with Crippen LogP contribution in [0.15, 0.2) is 53.5 Å². The Labute approximate surface area is 139 Å². The van der Waals surface area contributed by atoms with Gasteiger partial charge in [0.1, 0.15) is 0 Å². The van der Waals surface area contributed by atoms with E-state index >= 15 is 0 Å². The summed E-state index contributed by atoms with van der Waals surface area (Å²) < 4.78 is 0. The average Bonchev–Trinajstić information content (AvgIpc) is 2.56. The molecule has 2 aromatic carbocycles. The summed E-state index contributed by atoms with van der Waals surface area (Å²) in [7, 11) is 0. The lowest BCUT2D eigenvalue weighted by molar-refractivity contribution is -0.141. The lowest BCUT2D eigenvalue weighted by atomic mass is 9.94. The van der Waals surface area contributed by atoms with Crippen LogP contribution >= 0.6 is 0 Å². The van der Waals surface area contributed by atoms with Crippen molar-refractivity contribution in [1.82, 2.24) is 4.98 Å². The second-order valence-corrected chi connectivity index (χ2v) is 6.17. The van der Waals surface area contributed by atoms with Gasteiger partial charge in [-0.25, -0.2) is 0 Å². The van der Waals surface area contributed by atoms with E-state index in [0.717, 1.165) is 27.6 Å². The fourth-order valence-electron chi connectivity index (χ4n) is 2.97. The fraction of sp³-hybridized carbons (Fsp3) is 0.200. The van der Waals surface area contributed by atoms with Gasteiger partial charge < -0.3 is 10.1 Å². The Morgan fingerprint density at radius 3 is 2.58 bits per heavy atom. The van der Waals surface area contributed by atoms with Gasteiger partial charge in [-0.3, -0.25) is 9.59 Å². The molecular formula is C20H19NO3. The van der Waals surface area contributed by atoms with Gasteiger partial charge in [0.25, 0.3) is 5.56 Å². The summed E-state index contributed by atoms with van der Waals surface area (Å²) in [5, 5.41) is 10.5. The Balaban J connectivity index is 2.15. The number of aryl methyl sites for hydroxylation is 1. The minimum absolute atomic E-state index is 0.160. The molecule has 2 N–H and O–H groups in total. The molecule has 0 spiro atoms. The number of carboxylic acids is 1. The number of carboxylic acid groups (broad SMARTS) is 1. The van der Waals surface area contributed by atoms with Gasteiger partial charge in [0, 0.05) is 17.1 Å². The summed E-state index contributed by atoms with van der Waals surface area (Å²) >= 11 is 0. The van der Waals surface area contributed by atoms with Crippen LogP contribution in [0.25, 0.3) is 21.9 Å². The molecule has 24 heavy (non-hydrogen) atoms. The van der Waals surface area contributed by atoms with Gasteiger partial charge in [-0.1, -0.05) is 43.3 Å². The molecule has 0 amide bonds. The summed E-state index contributed by atoms with van der Waals surface area (Å²) in [6.45, 7) is 3.70. The zero-order valence-electron chi connectivity index (χ0n) is 13.7. The summed E-state index contributed by atoms with van der Waals surface area (Å²) in [4.78, 5) is 26.1. The van der Waals surface area contributed by atoms with Gasteiger partial charge in [-0.05, 0) is 41.5 Å². The van der Waals surface area contributed by atoms with Gasteiger partial charge in [0.15, 0.2) is 0 Å². The minimum atomic E-state index is -0.835. The molecule has 122 valence electrons. The molecule has 1 atom stereocenters. The molecule has 3 rings (SSSR count). The number of benzene rings is 2. The molecule has 0 saturated heterocycles. The molecule has 0 aliphatic rings. The first kappa shape index (κ1) is 16.0. The third-order valence-corrected chi connectivity index (χ3v) is 4.37. The highest BCUT2D eigenvalue weighted by Gasteiger charge is 2.14. The first-order chi connectivity index (χ1) is 11.5. The van der Waals surface area contributed by atoms with Crippen molar-refractivity contribution < 1.29 is 9.90 Å². The predicted octanol–water partition coefficient (Wildman–Crippen LogP) is 3.77. The van der Waals surface area contributed by atoms with Crippen LogP contribution in [0.4, 0.5) is 0 Å². The van der Waals surface area contributed by atoms with E-state index in [2.05, 4.69) is 4.98 Å². The zero-order chi connectivity index (χ0) is 17.3. The van der Waals surface area contributed by atoms with Crippen molar-refractivity contribution >= 4 is 16.7 Å². The van der Waals surface area contributed by atoms with E-state index in [-0.39, 0.29) is 5.56 Å². The van der Waals surface area contributed by atoms with E-state index in [9.17, 15) is 9.59 Å². The second kappa shape index (κ2) is 6.32. The van der Waals surface area contributed by atoms with Crippen LogP contribution < -0.4 is 5.56 Å². The van der Waals surface area contributed by atoms with Crippen molar-refractivity contribution in [1.29, 1.82) is 0 Å². The third kappa shape index (κ3) is 2.95. The van der Waals surface area contributed by atoms with Crippen LogP contribution in [0.3, 0.4) is 0 Å². The smallest absolute Gasteiger partial charge is 0.306 e. The van der Waals surface area contributed by atoms with Gasteiger partial charge >= 0.3 is 5.97 Å². The summed E-state index contributed by atoms with van der Waals surface area (Å²) in [6, 6.07) is 13.6. The number of aromatic amines is 1. The molecule has 0 saturated carbocycles. The first-order valence-corrected chi connectivity index (χ1v) is 7.90. The van der Waals surface area contributed by atoms with Crippen molar-refractivity contribution in [2.24, 2.45) is 5.92 Å². The summed E-state index contributed by atoms with van der Waals surface area (Å²) in [5.41, 5.74) is 3.87. The largest absolute Gasteiger partial charge is 0.481 e. The van der Waals surface area contributed by atoms with Gasteiger partial charge in [0.05, 0.1) is 5.92 Å². The standard InChI is InChI=1S/C20H19NO3/c1-12-5-3-4-6-15(12)18-11-21-19(22)17-10-14(7-8-16(17)18)9-13(2)20(23)24/h3-8,10-11,13H,9H2,1-2H3,(H,21,22)(H,23,24). The van der Waals surface area contributed by atoms with E-state index in [1.54, 1.807) is 19.2 Å². The maximum Gasteiger partial charge on any atom is 0.306 e. The monoisotopic (exact) mass is 321 g/mol. The number of nitrogens with one attached hydrogen (secondary N) is 1. The lowest BCUT2D eigenvalue weighted by Crippen LogP contribution is -2.13. The molecule has 0 aliphatic heterocycles. The SMILES string of the molecule is Cc1ccccc1-c1c[nH]c(=O)c2cc(CC(C)C(=O)O)ccc12. The van der Waals surface area contributed by atoms with Crippen LogP contribution in [-0.4, -0.2) is 16.1 Å². The number of aliphatic carboxylic acids is 1.